The van der Waals surface area contributed by atoms with Crippen molar-refractivity contribution in [2.24, 2.45) is 5.92 Å². The van der Waals surface area contributed by atoms with Gasteiger partial charge < -0.3 is 20.5 Å². The fourth-order valence-corrected chi connectivity index (χ4v) is 2.82. The third kappa shape index (κ3) is 5.06. The average Bonchev–Trinajstić information content (AvgIpc) is 2.62. The van der Waals surface area contributed by atoms with Gasteiger partial charge in [-0.2, -0.15) is 4.98 Å². The van der Waals surface area contributed by atoms with Gasteiger partial charge in [0.15, 0.2) is 0 Å². The highest BCUT2D eigenvalue weighted by Gasteiger charge is 2.31. The lowest BCUT2D eigenvalue weighted by Gasteiger charge is -2.40. The Kier molecular flexibility index (Phi) is 6.74. The maximum absolute atomic E-state index is 11.7. The number of morpholine rings is 1. The van der Waals surface area contributed by atoms with Gasteiger partial charge in [0.25, 0.3) is 12.0 Å². The lowest BCUT2D eigenvalue weighted by molar-refractivity contribution is -0.122. The van der Waals surface area contributed by atoms with Crippen LogP contribution in [0.4, 0.5) is 11.8 Å². The normalized spacial score (nSPS) is 19.6. The van der Waals surface area contributed by atoms with Crippen LogP contribution in [0.2, 0.25) is 0 Å². The van der Waals surface area contributed by atoms with E-state index in [-0.39, 0.29) is 30.2 Å². The first-order valence-electron chi connectivity index (χ1n) is 8.34. The molecule has 2 atom stereocenters. The number of nitrogen functional groups attached to an aromatic ring is 1. The Balaban J connectivity index is 0.000000758. The first-order chi connectivity index (χ1) is 12.4. The topological polar surface area (TPSA) is 122 Å². The van der Waals surface area contributed by atoms with Crippen LogP contribution in [0.25, 0.3) is 0 Å². The van der Waals surface area contributed by atoms with Crippen LogP contribution in [0.3, 0.4) is 0 Å². The molecule has 8 heteroatoms. The molecule has 0 spiro atoms. The Morgan fingerprint density at radius 3 is 2.58 bits per heavy atom. The van der Waals surface area contributed by atoms with Gasteiger partial charge in [0.1, 0.15) is 11.9 Å². The summed E-state index contributed by atoms with van der Waals surface area (Å²) in [6, 6.07) is 11.6. The Bertz CT molecular complexity index is 763. The van der Waals surface area contributed by atoms with Crippen molar-refractivity contribution in [3.8, 4) is 0 Å². The molecule has 0 saturated carbocycles. The molecule has 0 unspecified atom stereocenters. The van der Waals surface area contributed by atoms with Gasteiger partial charge in [0, 0.05) is 19.2 Å². The van der Waals surface area contributed by atoms with E-state index >= 15 is 0 Å². The zero-order valence-corrected chi connectivity index (χ0v) is 14.8. The molecule has 2 aromatic rings. The summed E-state index contributed by atoms with van der Waals surface area (Å²) >= 11 is 0. The number of hydrogen-bond donors (Lipinski definition) is 3. The SMILES string of the molecule is CC(C)[C@H]1CN(c2cc(=O)[nH]c(N)n2)C[C@@H](c2ccccc2)O1.O=CO. The maximum Gasteiger partial charge on any atom is 0.290 e. The quantitative estimate of drug-likeness (QED) is 0.712. The molecule has 3 rings (SSSR count). The van der Waals surface area contributed by atoms with E-state index in [1.54, 1.807) is 0 Å². The fraction of sp³-hybridized carbons (Fsp3) is 0.389. The number of H-pyrrole nitrogens is 1. The summed E-state index contributed by atoms with van der Waals surface area (Å²) in [5.41, 5.74) is 6.57. The fourth-order valence-electron chi connectivity index (χ4n) is 2.82. The summed E-state index contributed by atoms with van der Waals surface area (Å²) in [6.07, 6.45) is 0.0101. The molecule has 0 aliphatic carbocycles. The lowest BCUT2D eigenvalue weighted by atomic mass is 10.0. The average molecular weight is 360 g/mol. The van der Waals surface area contributed by atoms with E-state index in [2.05, 4.69) is 40.8 Å². The van der Waals surface area contributed by atoms with Crippen molar-refractivity contribution in [3.63, 3.8) is 0 Å². The number of ether oxygens (including phenoxy) is 1. The Labute approximate surface area is 151 Å². The zero-order chi connectivity index (χ0) is 19.1. The summed E-state index contributed by atoms with van der Waals surface area (Å²) in [5.74, 6) is 1.10. The van der Waals surface area contributed by atoms with E-state index in [0.717, 1.165) is 5.56 Å². The molecule has 0 bridgehead atoms. The second-order valence-electron chi connectivity index (χ2n) is 6.32. The van der Waals surface area contributed by atoms with Gasteiger partial charge >= 0.3 is 0 Å². The lowest BCUT2D eigenvalue weighted by Crippen LogP contribution is -2.46. The van der Waals surface area contributed by atoms with Gasteiger partial charge in [-0.25, -0.2) is 0 Å². The number of hydrogen-bond acceptors (Lipinski definition) is 6. The van der Waals surface area contributed by atoms with Crippen LogP contribution in [0.1, 0.15) is 25.5 Å². The van der Waals surface area contributed by atoms with E-state index in [4.69, 9.17) is 20.4 Å². The van der Waals surface area contributed by atoms with Crippen LogP contribution in [0.5, 0.6) is 0 Å². The van der Waals surface area contributed by atoms with Gasteiger partial charge in [-0.15, -0.1) is 0 Å². The van der Waals surface area contributed by atoms with Gasteiger partial charge in [0.05, 0.1) is 6.10 Å². The van der Waals surface area contributed by atoms with Crippen LogP contribution < -0.4 is 16.2 Å². The third-order valence-electron chi connectivity index (χ3n) is 4.11. The first kappa shape index (κ1) is 19.5. The minimum absolute atomic E-state index is 0.0559. The number of anilines is 2. The molecule has 1 saturated heterocycles. The molecule has 4 N–H and O–H groups in total. The monoisotopic (exact) mass is 360 g/mol. The number of benzene rings is 1. The van der Waals surface area contributed by atoms with E-state index in [1.807, 2.05) is 18.2 Å². The van der Waals surface area contributed by atoms with Crippen LogP contribution in [-0.4, -0.2) is 40.7 Å². The van der Waals surface area contributed by atoms with Gasteiger partial charge in [0.2, 0.25) is 5.95 Å². The molecule has 2 heterocycles. The molecule has 1 aromatic carbocycles. The Morgan fingerprint density at radius 2 is 2.00 bits per heavy atom. The maximum atomic E-state index is 11.7. The molecule has 140 valence electrons. The molecule has 1 aliphatic heterocycles. The minimum atomic E-state index is -0.250. The van der Waals surface area contributed by atoms with E-state index in [1.165, 1.54) is 6.07 Å². The number of carboxylic acid groups (broad SMARTS) is 1. The predicted octanol–water partition coefficient (Wildman–Crippen LogP) is 1.66. The highest BCUT2D eigenvalue weighted by molar-refractivity contribution is 5.42. The van der Waals surface area contributed by atoms with E-state index < -0.39 is 0 Å². The molecular formula is C18H24N4O4. The van der Waals surface area contributed by atoms with Crippen molar-refractivity contribution >= 4 is 18.2 Å². The molecule has 26 heavy (non-hydrogen) atoms. The van der Waals surface area contributed by atoms with Crippen LogP contribution in [0, 0.1) is 5.92 Å². The Hall–Kier alpha value is -2.87. The molecular weight excluding hydrogens is 336 g/mol. The second-order valence-corrected chi connectivity index (χ2v) is 6.32. The van der Waals surface area contributed by atoms with Crippen molar-refractivity contribution in [3.05, 3.63) is 52.3 Å². The molecule has 0 amide bonds. The molecule has 1 aliphatic rings. The number of nitrogens with zero attached hydrogens (tertiary/aromatic N) is 2. The van der Waals surface area contributed by atoms with Crippen molar-refractivity contribution in [2.45, 2.75) is 26.1 Å². The zero-order valence-electron chi connectivity index (χ0n) is 14.8. The largest absolute Gasteiger partial charge is 0.483 e. The standard InChI is InChI=1S/C17H22N4O2.CH2O2/c1-11(2)13-9-21(15-8-16(22)20-17(18)19-15)10-14(23-13)12-6-4-3-5-7-12;2-1-3/h3-8,11,13-14H,9-10H2,1-2H3,(H3,18,19,20,22);1H,(H,2,3)/t13-,14+;/m1./s1. The number of rotatable bonds is 3. The van der Waals surface area contributed by atoms with Crippen molar-refractivity contribution in [1.29, 1.82) is 0 Å². The minimum Gasteiger partial charge on any atom is -0.483 e. The molecule has 8 nitrogen and oxygen atoms in total. The van der Waals surface area contributed by atoms with E-state index in [0.29, 0.717) is 24.8 Å². The number of nitrogens with two attached hydrogens (primary N) is 1. The second kappa shape index (κ2) is 9.00. The summed E-state index contributed by atoms with van der Waals surface area (Å²) < 4.78 is 6.26. The van der Waals surface area contributed by atoms with Crippen molar-refractivity contribution in [1.82, 2.24) is 9.97 Å². The molecule has 1 fully saturated rings. The summed E-state index contributed by atoms with van der Waals surface area (Å²) in [6.45, 7) is 5.35. The van der Waals surface area contributed by atoms with Crippen molar-refractivity contribution in [2.75, 3.05) is 23.7 Å². The number of aromatic amines is 1. The van der Waals surface area contributed by atoms with Crippen LogP contribution >= 0.6 is 0 Å². The summed E-state index contributed by atoms with van der Waals surface area (Å²) in [4.78, 5) is 28.9. The van der Waals surface area contributed by atoms with Gasteiger partial charge in [-0.1, -0.05) is 44.2 Å². The van der Waals surface area contributed by atoms with Crippen LogP contribution in [-0.2, 0) is 9.53 Å². The van der Waals surface area contributed by atoms with Gasteiger partial charge in [-0.3, -0.25) is 14.6 Å². The number of aromatic nitrogens is 2. The third-order valence-corrected chi connectivity index (χ3v) is 4.11. The Morgan fingerprint density at radius 1 is 1.35 bits per heavy atom. The van der Waals surface area contributed by atoms with Gasteiger partial charge in [-0.05, 0) is 11.5 Å². The highest BCUT2D eigenvalue weighted by atomic mass is 16.5. The highest BCUT2D eigenvalue weighted by Crippen LogP contribution is 2.30. The smallest absolute Gasteiger partial charge is 0.290 e. The molecule has 0 radical (unpaired) electrons. The summed E-state index contributed by atoms with van der Waals surface area (Å²) in [7, 11) is 0. The van der Waals surface area contributed by atoms with E-state index in [9.17, 15) is 4.79 Å². The first-order valence-corrected chi connectivity index (χ1v) is 8.34. The number of carbonyl (C=O) groups is 1. The summed E-state index contributed by atoms with van der Waals surface area (Å²) in [5, 5.41) is 6.89. The number of nitrogens with one attached hydrogen (secondary N) is 1. The van der Waals surface area contributed by atoms with Crippen LogP contribution in [0.15, 0.2) is 41.2 Å². The van der Waals surface area contributed by atoms with Crippen molar-refractivity contribution < 1.29 is 14.6 Å². The molecule has 1 aromatic heterocycles. The predicted molar refractivity (Wildman–Crippen MR) is 99.1 cm³/mol.